The Morgan fingerprint density at radius 1 is 1.32 bits per heavy atom. The van der Waals surface area contributed by atoms with E-state index in [9.17, 15) is 30.8 Å². The van der Waals surface area contributed by atoms with Crippen molar-refractivity contribution >= 4 is 39.2 Å². The van der Waals surface area contributed by atoms with Crippen molar-refractivity contribution in [3.05, 3.63) is 29.7 Å². The quantitative estimate of drug-likeness (QED) is 0.151. The van der Waals surface area contributed by atoms with Gasteiger partial charge in [-0.2, -0.15) is 0 Å². The van der Waals surface area contributed by atoms with Gasteiger partial charge in [0.2, 0.25) is 15.9 Å². The minimum Gasteiger partial charge on any atom is -0.403 e. The molecule has 2 rings (SSSR count). The number of primary sulfonamides is 1. The van der Waals surface area contributed by atoms with E-state index in [0.29, 0.717) is 0 Å². The number of hydrogen-bond donors (Lipinski definition) is 3. The fraction of sp³-hybridized carbons (Fsp3) is 0.286. The number of ether oxygens (including phenoxy) is 1. The molecule has 0 aliphatic heterocycles. The van der Waals surface area contributed by atoms with Gasteiger partial charge in [0.15, 0.2) is 28.1 Å². The lowest BCUT2D eigenvalue weighted by molar-refractivity contribution is -0.275. The van der Waals surface area contributed by atoms with Crippen molar-refractivity contribution < 1.29 is 40.1 Å². The van der Waals surface area contributed by atoms with Crippen molar-refractivity contribution in [2.24, 2.45) is 15.9 Å². The van der Waals surface area contributed by atoms with Crippen LogP contribution in [0.3, 0.4) is 0 Å². The Morgan fingerprint density at radius 3 is 2.68 bits per heavy atom. The summed E-state index contributed by atoms with van der Waals surface area (Å²) < 4.78 is 80.9. The summed E-state index contributed by atoms with van der Waals surface area (Å²) in [7, 11) is -3.96. The standard InChI is InChI=1S/C14H14F4N6O5S2/c15-10-7(2-1-3-8(10)28-14(16,17)18)22-12(19)11-13(24-29-23-11)30-5-4-21-9(25)6-31(20,26)27/h1-3H,4-6H2,(H2,19,22)(H,21,25)(H2,20,26,27). The van der Waals surface area contributed by atoms with Crippen LogP contribution in [0.4, 0.5) is 23.2 Å². The van der Waals surface area contributed by atoms with Crippen LogP contribution in [-0.2, 0) is 14.8 Å². The second kappa shape index (κ2) is 9.92. The lowest BCUT2D eigenvalue weighted by Gasteiger charge is -2.10. The molecule has 0 atom stereocenters. The van der Waals surface area contributed by atoms with Gasteiger partial charge in [0.05, 0.1) is 0 Å². The Morgan fingerprint density at radius 2 is 2.03 bits per heavy atom. The van der Waals surface area contributed by atoms with Gasteiger partial charge in [-0.1, -0.05) is 17.8 Å². The van der Waals surface area contributed by atoms with Gasteiger partial charge in [0.25, 0.3) is 0 Å². The molecule has 0 fully saturated rings. The molecule has 0 aliphatic rings. The molecule has 1 amide bonds. The highest BCUT2D eigenvalue weighted by molar-refractivity contribution is 7.99. The summed E-state index contributed by atoms with van der Waals surface area (Å²) in [5.74, 6) is -4.41. The first-order chi connectivity index (χ1) is 14.4. The van der Waals surface area contributed by atoms with Crippen molar-refractivity contribution in [3.8, 4) is 5.75 Å². The number of carbonyl (C=O) groups excluding carboxylic acids is 1. The minimum absolute atomic E-state index is 0.0216. The molecule has 31 heavy (non-hydrogen) atoms. The van der Waals surface area contributed by atoms with Crippen molar-refractivity contribution in [2.75, 3.05) is 18.1 Å². The highest BCUT2D eigenvalue weighted by atomic mass is 32.2. The molecule has 0 radical (unpaired) electrons. The third-order valence-electron chi connectivity index (χ3n) is 3.11. The molecule has 0 saturated heterocycles. The summed E-state index contributed by atoms with van der Waals surface area (Å²) in [6.45, 7) is 0.0216. The number of benzene rings is 1. The molecule has 0 aliphatic carbocycles. The maximum Gasteiger partial charge on any atom is 0.573 e. The SMILES string of the molecule is NC(=Nc1cccc(OC(F)(F)F)c1F)c1nonc1SCCNC(=O)CS(N)(=O)=O. The van der Waals surface area contributed by atoms with Crippen molar-refractivity contribution in [3.63, 3.8) is 0 Å². The van der Waals surface area contributed by atoms with Gasteiger partial charge >= 0.3 is 6.36 Å². The number of amides is 1. The van der Waals surface area contributed by atoms with Crippen LogP contribution in [-0.4, -0.2) is 54.9 Å². The molecule has 17 heteroatoms. The molecular formula is C14H14F4N6O5S2. The first kappa shape index (κ1) is 24.4. The number of nitrogens with zero attached hydrogens (tertiary/aromatic N) is 3. The molecule has 170 valence electrons. The van der Waals surface area contributed by atoms with Crippen LogP contribution >= 0.6 is 11.8 Å². The number of rotatable bonds is 9. The summed E-state index contributed by atoms with van der Waals surface area (Å²) >= 11 is 0.977. The van der Waals surface area contributed by atoms with Crippen molar-refractivity contribution in [1.82, 2.24) is 15.6 Å². The molecule has 1 aromatic carbocycles. The Hall–Kier alpha value is -2.92. The van der Waals surface area contributed by atoms with Crippen LogP contribution in [0.1, 0.15) is 5.69 Å². The number of carbonyl (C=O) groups is 1. The first-order valence-corrected chi connectivity index (χ1v) is 10.7. The van der Waals surface area contributed by atoms with Crippen LogP contribution in [0.25, 0.3) is 0 Å². The van der Waals surface area contributed by atoms with Crippen molar-refractivity contribution in [2.45, 2.75) is 11.4 Å². The second-order valence-corrected chi connectivity index (χ2v) is 8.26. The van der Waals surface area contributed by atoms with Gasteiger partial charge in [0.1, 0.15) is 11.4 Å². The van der Waals surface area contributed by atoms with Gasteiger partial charge in [-0.05, 0) is 22.4 Å². The van der Waals surface area contributed by atoms with Gasteiger partial charge in [0, 0.05) is 12.3 Å². The number of nitrogens with one attached hydrogen (secondary N) is 1. The molecule has 11 nitrogen and oxygen atoms in total. The van der Waals surface area contributed by atoms with Crippen LogP contribution in [0.15, 0.2) is 32.8 Å². The number of alkyl halides is 3. The molecule has 0 saturated carbocycles. The highest BCUT2D eigenvalue weighted by Gasteiger charge is 2.32. The van der Waals surface area contributed by atoms with E-state index in [2.05, 4.69) is 30.0 Å². The van der Waals surface area contributed by atoms with Crippen LogP contribution < -0.4 is 20.9 Å². The smallest absolute Gasteiger partial charge is 0.403 e. The zero-order valence-electron chi connectivity index (χ0n) is 15.2. The zero-order chi connectivity index (χ0) is 23.2. The predicted octanol–water partition coefficient (Wildman–Crippen LogP) is 0.641. The highest BCUT2D eigenvalue weighted by Crippen LogP contribution is 2.31. The summed E-state index contributed by atoms with van der Waals surface area (Å²) in [6, 6.07) is 2.91. The van der Waals surface area contributed by atoms with E-state index in [1.807, 2.05) is 0 Å². The summed E-state index contributed by atoms with van der Waals surface area (Å²) in [5.41, 5.74) is 5.06. The van der Waals surface area contributed by atoms with E-state index in [1.165, 1.54) is 0 Å². The molecule has 0 bridgehead atoms. The number of sulfonamides is 1. The Kier molecular flexibility index (Phi) is 7.80. The summed E-state index contributed by atoms with van der Waals surface area (Å²) in [4.78, 5) is 15.1. The van der Waals surface area contributed by atoms with Crippen LogP contribution in [0.5, 0.6) is 5.75 Å². The van der Waals surface area contributed by atoms with Crippen LogP contribution in [0, 0.1) is 5.82 Å². The molecule has 2 aromatic rings. The molecule has 0 unspecified atom stereocenters. The fourth-order valence-corrected chi connectivity index (χ4v) is 3.20. The van der Waals surface area contributed by atoms with E-state index in [1.54, 1.807) is 0 Å². The molecular weight excluding hydrogens is 472 g/mol. The number of hydrogen-bond acceptors (Lipinski definition) is 9. The number of nitrogens with two attached hydrogens (primary N) is 2. The average Bonchev–Trinajstić information content (AvgIpc) is 3.08. The van der Waals surface area contributed by atoms with Crippen LogP contribution in [0.2, 0.25) is 0 Å². The first-order valence-electron chi connectivity index (χ1n) is 7.97. The topological polar surface area (TPSA) is 176 Å². The Balaban J connectivity index is 2.06. The molecule has 0 spiro atoms. The van der Waals surface area contributed by atoms with E-state index in [-0.39, 0.29) is 23.0 Å². The van der Waals surface area contributed by atoms with E-state index in [4.69, 9.17) is 10.9 Å². The number of amidine groups is 1. The lowest BCUT2D eigenvalue weighted by atomic mass is 10.3. The third-order valence-corrected chi connectivity index (χ3v) is 4.72. The Labute approximate surface area is 176 Å². The van der Waals surface area contributed by atoms with E-state index in [0.717, 1.165) is 30.0 Å². The normalized spacial score (nSPS) is 12.6. The lowest BCUT2D eigenvalue weighted by Crippen LogP contribution is -2.34. The van der Waals surface area contributed by atoms with Gasteiger partial charge < -0.3 is 15.8 Å². The zero-order valence-corrected chi connectivity index (χ0v) is 16.9. The number of aromatic nitrogens is 2. The minimum atomic E-state index is -5.10. The number of halogens is 4. The average molecular weight is 486 g/mol. The fourth-order valence-electron chi connectivity index (χ4n) is 1.98. The summed E-state index contributed by atoms with van der Waals surface area (Å²) in [6.07, 6.45) is -5.10. The molecule has 5 N–H and O–H groups in total. The molecule has 1 heterocycles. The third kappa shape index (κ3) is 8.02. The number of thioether (sulfide) groups is 1. The van der Waals surface area contributed by atoms with Crippen molar-refractivity contribution in [1.29, 1.82) is 0 Å². The van der Waals surface area contributed by atoms with Gasteiger partial charge in [-0.3, -0.25) is 4.79 Å². The monoisotopic (exact) mass is 486 g/mol. The Bertz CT molecular complexity index is 1070. The summed E-state index contributed by atoms with van der Waals surface area (Å²) in [5, 5.41) is 14.2. The molecule has 1 aromatic heterocycles. The van der Waals surface area contributed by atoms with E-state index < -0.39 is 51.1 Å². The maximum absolute atomic E-state index is 14.2. The second-order valence-electron chi connectivity index (χ2n) is 5.56. The number of aliphatic imine (C=N–C) groups is 1. The maximum atomic E-state index is 14.2. The van der Waals surface area contributed by atoms with Gasteiger partial charge in [-0.25, -0.2) is 27.6 Å². The van der Waals surface area contributed by atoms with E-state index >= 15 is 0 Å². The predicted molar refractivity (Wildman–Crippen MR) is 99.5 cm³/mol. The van der Waals surface area contributed by atoms with Gasteiger partial charge in [-0.15, -0.1) is 13.2 Å². The largest absolute Gasteiger partial charge is 0.573 e.